The number of aliphatic imine (C=N–C) groups is 1. The molecule has 0 radical (unpaired) electrons. The summed E-state index contributed by atoms with van der Waals surface area (Å²) < 4.78 is 0. The number of benzene rings is 1. The molecular weight excluding hydrogens is 198 g/mol. The van der Waals surface area contributed by atoms with Crippen LogP contribution in [-0.2, 0) is 12.8 Å². The summed E-state index contributed by atoms with van der Waals surface area (Å²) in [6.45, 7) is 0.918. The van der Waals surface area contributed by atoms with E-state index in [1.54, 1.807) is 7.05 Å². The summed E-state index contributed by atoms with van der Waals surface area (Å²) in [5, 5.41) is 3.11. The second kappa shape index (κ2) is 5.01. The smallest absolute Gasteiger partial charge is 0.188 e. The number of nitrogens with zero attached hydrogens (tertiary/aromatic N) is 1. The van der Waals surface area contributed by atoms with Crippen molar-refractivity contribution in [1.82, 2.24) is 5.32 Å². The van der Waals surface area contributed by atoms with Crippen LogP contribution < -0.4 is 11.1 Å². The van der Waals surface area contributed by atoms with E-state index in [1.165, 1.54) is 24.0 Å². The van der Waals surface area contributed by atoms with E-state index >= 15 is 0 Å². The molecule has 16 heavy (non-hydrogen) atoms. The van der Waals surface area contributed by atoms with Crippen molar-refractivity contribution in [3.05, 3.63) is 35.4 Å². The minimum absolute atomic E-state index is 0.538. The fourth-order valence-corrected chi connectivity index (χ4v) is 2.34. The SMILES string of the molecule is CN=C(N)NCCC1Cc2ccccc2C1. The quantitative estimate of drug-likeness (QED) is 0.592. The van der Waals surface area contributed by atoms with Crippen LogP contribution in [0.15, 0.2) is 29.3 Å². The molecule has 1 aromatic carbocycles. The summed E-state index contributed by atoms with van der Waals surface area (Å²) in [5.41, 5.74) is 8.62. The van der Waals surface area contributed by atoms with Crippen LogP contribution >= 0.6 is 0 Å². The van der Waals surface area contributed by atoms with Crippen molar-refractivity contribution in [2.24, 2.45) is 16.6 Å². The molecule has 0 heterocycles. The molecule has 1 aliphatic carbocycles. The number of nitrogens with one attached hydrogen (secondary N) is 1. The van der Waals surface area contributed by atoms with Crippen molar-refractivity contribution >= 4 is 5.96 Å². The van der Waals surface area contributed by atoms with Gasteiger partial charge in [-0.3, -0.25) is 4.99 Å². The Morgan fingerprint density at radius 2 is 2.00 bits per heavy atom. The summed E-state index contributed by atoms with van der Waals surface area (Å²) >= 11 is 0. The Morgan fingerprint density at radius 1 is 1.38 bits per heavy atom. The van der Waals surface area contributed by atoms with Crippen molar-refractivity contribution in [3.8, 4) is 0 Å². The molecule has 1 aromatic rings. The van der Waals surface area contributed by atoms with Gasteiger partial charge in [-0.15, -0.1) is 0 Å². The highest BCUT2D eigenvalue weighted by molar-refractivity contribution is 5.77. The first kappa shape index (κ1) is 11.0. The maximum atomic E-state index is 5.58. The van der Waals surface area contributed by atoms with Crippen LogP contribution in [0.4, 0.5) is 0 Å². The highest BCUT2D eigenvalue weighted by Crippen LogP contribution is 2.27. The third-order valence-corrected chi connectivity index (χ3v) is 3.24. The van der Waals surface area contributed by atoms with E-state index in [2.05, 4.69) is 34.6 Å². The maximum absolute atomic E-state index is 5.58. The summed E-state index contributed by atoms with van der Waals surface area (Å²) in [7, 11) is 1.70. The molecule has 86 valence electrons. The van der Waals surface area contributed by atoms with Gasteiger partial charge in [0, 0.05) is 13.6 Å². The largest absolute Gasteiger partial charge is 0.370 e. The van der Waals surface area contributed by atoms with Crippen molar-refractivity contribution in [2.75, 3.05) is 13.6 Å². The van der Waals surface area contributed by atoms with Crippen LogP contribution in [0.25, 0.3) is 0 Å². The monoisotopic (exact) mass is 217 g/mol. The lowest BCUT2D eigenvalue weighted by atomic mass is 10.0. The molecule has 0 saturated heterocycles. The van der Waals surface area contributed by atoms with E-state index in [0.717, 1.165) is 18.9 Å². The number of hydrogen-bond donors (Lipinski definition) is 2. The zero-order valence-corrected chi connectivity index (χ0v) is 9.74. The topological polar surface area (TPSA) is 50.4 Å². The number of nitrogens with two attached hydrogens (primary N) is 1. The standard InChI is InChI=1S/C13H19N3/c1-15-13(14)16-7-6-10-8-11-4-2-3-5-12(11)9-10/h2-5,10H,6-9H2,1H3,(H3,14,15,16). The lowest BCUT2D eigenvalue weighted by molar-refractivity contribution is 0.510. The van der Waals surface area contributed by atoms with Gasteiger partial charge in [-0.25, -0.2) is 0 Å². The molecule has 0 spiro atoms. The Kier molecular flexibility index (Phi) is 3.44. The molecule has 3 nitrogen and oxygen atoms in total. The van der Waals surface area contributed by atoms with E-state index in [9.17, 15) is 0 Å². The van der Waals surface area contributed by atoms with Crippen molar-refractivity contribution in [1.29, 1.82) is 0 Å². The molecule has 0 aliphatic heterocycles. The molecular formula is C13H19N3. The van der Waals surface area contributed by atoms with Gasteiger partial charge in [0.15, 0.2) is 5.96 Å². The Hall–Kier alpha value is -1.51. The Balaban J connectivity index is 1.79. The normalized spacial score (nSPS) is 16.2. The fourth-order valence-electron chi connectivity index (χ4n) is 2.34. The molecule has 0 saturated carbocycles. The zero-order valence-electron chi connectivity index (χ0n) is 9.74. The van der Waals surface area contributed by atoms with Crippen LogP contribution in [0.2, 0.25) is 0 Å². The lowest BCUT2D eigenvalue weighted by Gasteiger charge is -2.09. The van der Waals surface area contributed by atoms with E-state index in [4.69, 9.17) is 5.73 Å². The van der Waals surface area contributed by atoms with Gasteiger partial charge in [0.05, 0.1) is 0 Å². The third kappa shape index (κ3) is 2.54. The van der Waals surface area contributed by atoms with Gasteiger partial charge in [0.25, 0.3) is 0 Å². The number of hydrogen-bond acceptors (Lipinski definition) is 1. The average Bonchev–Trinajstić information content (AvgIpc) is 2.71. The maximum Gasteiger partial charge on any atom is 0.188 e. The molecule has 0 bridgehead atoms. The predicted molar refractivity (Wildman–Crippen MR) is 67.5 cm³/mol. The van der Waals surface area contributed by atoms with Gasteiger partial charge >= 0.3 is 0 Å². The second-order valence-electron chi connectivity index (χ2n) is 4.37. The summed E-state index contributed by atoms with van der Waals surface area (Å²) in [6.07, 6.45) is 3.58. The molecule has 0 atom stereocenters. The van der Waals surface area contributed by atoms with Crippen molar-refractivity contribution in [2.45, 2.75) is 19.3 Å². The van der Waals surface area contributed by atoms with E-state index < -0.39 is 0 Å². The van der Waals surface area contributed by atoms with Crippen LogP contribution in [0.3, 0.4) is 0 Å². The summed E-state index contributed by atoms with van der Waals surface area (Å²) in [4.78, 5) is 3.88. The zero-order chi connectivity index (χ0) is 11.4. The van der Waals surface area contributed by atoms with Gasteiger partial charge in [-0.2, -0.15) is 0 Å². The Labute approximate surface area is 96.8 Å². The van der Waals surface area contributed by atoms with Gasteiger partial charge < -0.3 is 11.1 Å². The molecule has 0 fully saturated rings. The van der Waals surface area contributed by atoms with Gasteiger partial charge in [-0.1, -0.05) is 24.3 Å². The molecule has 0 unspecified atom stereocenters. The second-order valence-corrected chi connectivity index (χ2v) is 4.37. The first-order valence-electron chi connectivity index (χ1n) is 5.82. The predicted octanol–water partition coefficient (Wildman–Crippen LogP) is 1.33. The first-order chi connectivity index (χ1) is 7.79. The average molecular weight is 217 g/mol. The fraction of sp³-hybridized carbons (Fsp3) is 0.462. The van der Waals surface area contributed by atoms with Gasteiger partial charge in [0.1, 0.15) is 0 Å². The van der Waals surface area contributed by atoms with Gasteiger partial charge in [-0.05, 0) is 36.3 Å². The van der Waals surface area contributed by atoms with Crippen molar-refractivity contribution in [3.63, 3.8) is 0 Å². The van der Waals surface area contributed by atoms with Crippen LogP contribution in [-0.4, -0.2) is 19.6 Å². The van der Waals surface area contributed by atoms with Crippen LogP contribution in [0.5, 0.6) is 0 Å². The molecule has 0 aromatic heterocycles. The Bertz CT molecular complexity index is 360. The van der Waals surface area contributed by atoms with E-state index in [0.29, 0.717) is 5.96 Å². The first-order valence-corrected chi connectivity index (χ1v) is 5.82. The highest BCUT2D eigenvalue weighted by atomic mass is 15.1. The molecule has 0 amide bonds. The highest BCUT2D eigenvalue weighted by Gasteiger charge is 2.20. The molecule has 2 rings (SSSR count). The number of rotatable bonds is 3. The van der Waals surface area contributed by atoms with E-state index in [1.807, 2.05) is 0 Å². The number of guanidine groups is 1. The molecule has 3 heteroatoms. The summed E-state index contributed by atoms with van der Waals surface area (Å²) in [5.74, 6) is 1.30. The van der Waals surface area contributed by atoms with Crippen molar-refractivity contribution < 1.29 is 0 Å². The van der Waals surface area contributed by atoms with E-state index in [-0.39, 0.29) is 0 Å². The minimum Gasteiger partial charge on any atom is -0.370 e. The van der Waals surface area contributed by atoms with Crippen LogP contribution in [0, 0.1) is 5.92 Å². The van der Waals surface area contributed by atoms with Crippen LogP contribution in [0.1, 0.15) is 17.5 Å². The third-order valence-electron chi connectivity index (χ3n) is 3.24. The molecule has 1 aliphatic rings. The van der Waals surface area contributed by atoms with Gasteiger partial charge in [0.2, 0.25) is 0 Å². The minimum atomic E-state index is 0.538. The Morgan fingerprint density at radius 3 is 2.56 bits per heavy atom. The molecule has 3 N–H and O–H groups in total. The summed E-state index contributed by atoms with van der Waals surface area (Å²) in [6, 6.07) is 8.73. The number of fused-ring (bicyclic) bond motifs is 1. The lowest BCUT2D eigenvalue weighted by Crippen LogP contribution is -2.32.